The van der Waals surface area contributed by atoms with E-state index in [1.54, 1.807) is 0 Å². The molecule has 1 heterocycles. The summed E-state index contributed by atoms with van der Waals surface area (Å²) in [6, 6.07) is 13.3. The van der Waals surface area contributed by atoms with Crippen LogP contribution in [0.2, 0.25) is 0 Å². The van der Waals surface area contributed by atoms with Gasteiger partial charge in [-0.1, -0.05) is 45.0 Å². The molecule has 0 radical (unpaired) electrons. The number of amides is 1. The van der Waals surface area contributed by atoms with E-state index >= 15 is 0 Å². The lowest BCUT2D eigenvalue weighted by atomic mass is 9.87. The van der Waals surface area contributed by atoms with Crippen LogP contribution in [0.25, 0.3) is 11.4 Å². The fourth-order valence-corrected chi connectivity index (χ4v) is 2.48. The normalized spacial score (nSPS) is 11.2. The average molecular weight is 365 g/mol. The number of nitrogens with zero attached hydrogens (tertiary/aromatic N) is 3. The number of aromatic amines is 1. The Balaban J connectivity index is 1.72. The van der Waals surface area contributed by atoms with Gasteiger partial charge < -0.3 is 0 Å². The number of carbonyl (C=O) groups is 1. The highest BCUT2D eigenvalue weighted by molar-refractivity contribution is 6.03. The highest BCUT2D eigenvalue weighted by atomic mass is 16.6. The van der Waals surface area contributed by atoms with E-state index < -0.39 is 10.8 Å². The van der Waals surface area contributed by atoms with Gasteiger partial charge in [-0.2, -0.15) is 4.98 Å². The lowest BCUT2D eigenvalue weighted by molar-refractivity contribution is -0.384. The molecule has 0 fully saturated rings. The smallest absolute Gasteiger partial charge is 0.269 e. The highest BCUT2D eigenvalue weighted by Crippen LogP contribution is 2.25. The van der Waals surface area contributed by atoms with Crippen LogP contribution in [0.15, 0.2) is 48.5 Å². The zero-order valence-corrected chi connectivity index (χ0v) is 15.2. The number of rotatable bonds is 4. The average Bonchev–Trinajstić information content (AvgIpc) is 3.09. The molecule has 27 heavy (non-hydrogen) atoms. The van der Waals surface area contributed by atoms with Gasteiger partial charge in [0.2, 0.25) is 5.95 Å². The summed E-state index contributed by atoms with van der Waals surface area (Å²) in [5.41, 5.74) is 2.32. The lowest BCUT2D eigenvalue weighted by Crippen LogP contribution is -2.13. The first kappa shape index (κ1) is 18.2. The van der Waals surface area contributed by atoms with Crippen LogP contribution in [0.1, 0.15) is 36.7 Å². The second kappa shape index (κ2) is 6.99. The predicted octanol–water partition coefficient (Wildman–Crippen LogP) is 3.93. The molecule has 0 aliphatic carbocycles. The quantitative estimate of drug-likeness (QED) is 0.537. The van der Waals surface area contributed by atoms with E-state index in [9.17, 15) is 14.9 Å². The molecule has 1 aromatic heterocycles. The number of benzene rings is 2. The number of nitro benzene ring substituents is 1. The zero-order chi connectivity index (χ0) is 19.6. The fourth-order valence-electron chi connectivity index (χ4n) is 2.48. The predicted molar refractivity (Wildman–Crippen MR) is 102 cm³/mol. The third-order valence-electron chi connectivity index (χ3n) is 4.08. The molecule has 0 aliphatic heterocycles. The standard InChI is InChI=1S/C19H19N5O3/c1-19(2,3)14-8-4-12(5-9-14)16-20-18(23-22-16)21-17(25)13-6-10-15(11-7-13)24(26)27/h4-11H,1-3H3,(H2,20,21,22,23,25). The monoisotopic (exact) mass is 365 g/mol. The molecule has 2 aromatic carbocycles. The summed E-state index contributed by atoms with van der Waals surface area (Å²) in [6.45, 7) is 6.42. The second-order valence-electron chi connectivity index (χ2n) is 7.09. The Kier molecular flexibility index (Phi) is 4.72. The van der Waals surface area contributed by atoms with Crippen molar-refractivity contribution in [1.82, 2.24) is 15.2 Å². The Bertz CT molecular complexity index is 970. The molecule has 0 aliphatic rings. The highest BCUT2D eigenvalue weighted by Gasteiger charge is 2.15. The Hall–Kier alpha value is -3.55. The summed E-state index contributed by atoms with van der Waals surface area (Å²) in [5.74, 6) is 0.223. The number of hydrogen-bond donors (Lipinski definition) is 2. The maximum atomic E-state index is 12.2. The van der Waals surface area contributed by atoms with E-state index in [2.05, 4.69) is 41.3 Å². The van der Waals surface area contributed by atoms with Gasteiger partial charge in [0, 0.05) is 23.3 Å². The topological polar surface area (TPSA) is 114 Å². The number of hydrogen-bond acceptors (Lipinski definition) is 5. The van der Waals surface area contributed by atoms with Crippen molar-refractivity contribution in [3.8, 4) is 11.4 Å². The summed E-state index contributed by atoms with van der Waals surface area (Å²) in [6.07, 6.45) is 0. The van der Waals surface area contributed by atoms with E-state index in [1.807, 2.05) is 24.3 Å². The van der Waals surface area contributed by atoms with Crippen LogP contribution < -0.4 is 5.32 Å². The number of H-pyrrole nitrogens is 1. The van der Waals surface area contributed by atoms with Crippen LogP contribution in [-0.4, -0.2) is 26.0 Å². The van der Waals surface area contributed by atoms with Crippen molar-refractivity contribution in [2.75, 3.05) is 5.32 Å². The zero-order valence-electron chi connectivity index (χ0n) is 15.2. The third-order valence-corrected chi connectivity index (χ3v) is 4.08. The van der Waals surface area contributed by atoms with E-state index in [0.29, 0.717) is 5.82 Å². The Morgan fingerprint density at radius 2 is 1.70 bits per heavy atom. The second-order valence-corrected chi connectivity index (χ2v) is 7.09. The molecule has 8 nitrogen and oxygen atoms in total. The Morgan fingerprint density at radius 1 is 1.07 bits per heavy atom. The van der Waals surface area contributed by atoms with Gasteiger partial charge in [0.1, 0.15) is 0 Å². The molecule has 0 saturated carbocycles. The largest absolute Gasteiger partial charge is 0.289 e. The Morgan fingerprint density at radius 3 is 2.26 bits per heavy atom. The Labute approximate surface area is 155 Å². The molecular formula is C19H19N5O3. The number of aromatic nitrogens is 3. The third kappa shape index (κ3) is 4.17. The van der Waals surface area contributed by atoms with Gasteiger partial charge in [0.05, 0.1) is 4.92 Å². The number of nitrogens with one attached hydrogen (secondary N) is 2. The minimum Gasteiger partial charge on any atom is -0.289 e. The van der Waals surface area contributed by atoms with Crippen LogP contribution >= 0.6 is 0 Å². The van der Waals surface area contributed by atoms with Gasteiger partial charge in [0.25, 0.3) is 11.6 Å². The molecule has 3 aromatic rings. The van der Waals surface area contributed by atoms with Crippen LogP contribution in [-0.2, 0) is 5.41 Å². The van der Waals surface area contributed by atoms with Gasteiger partial charge in [-0.25, -0.2) is 0 Å². The van der Waals surface area contributed by atoms with Crippen molar-refractivity contribution in [1.29, 1.82) is 0 Å². The summed E-state index contributed by atoms with van der Waals surface area (Å²) in [7, 11) is 0. The molecule has 0 atom stereocenters. The van der Waals surface area contributed by atoms with E-state index in [0.717, 1.165) is 5.56 Å². The van der Waals surface area contributed by atoms with Crippen LogP contribution in [0.4, 0.5) is 11.6 Å². The molecule has 1 amide bonds. The first-order valence-corrected chi connectivity index (χ1v) is 8.33. The van der Waals surface area contributed by atoms with Crippen molar-refractivity contribution in [3.05, 3.63) is 69.8 Å². The molecule has 138 valence electrons. The van der Waals surface area contributed by atoms with Crippen molar-refractivity contribution in [2.45, 2.75) is 26.2 Å². The first-order valence-electron chi connectivity index (χ1n) is 8.33. The minimum atomic E-state index is -0.520. The molecule has 0 unspecified atom stereocenters. The van der Waals surface area contributed by atoms with Crippen LogP contribution in [0.5, 0.6) is 0 Å². The maximum absolute atomic E-state index is 12.2. The van der Waals surface area contributed by atoms with Gasteiger partial charge in [-0.15, -0.1) is 5.10 Å². The maximum Gasteiger partial charge on any atom is 0.269 e. The van der Waals surface area contributed by atoms with Crippen LogP contribution in [0, 0.1) is 10.1 Å². The SMILES string of the molecule is CC(C)(C)c1ccc(-c2nc(NC(=O)c3ccc([N+](=O)[O-])cc3)n[nH]2)cc1. The number of carbonyl (C=O) groups excluding carboxylic acids is 1. The fraction of sp³-hybridized carbons (Fsp3) is 0.211. The molecule has 8 heteroatoms. The van der Waals surface area contributed by atoms with Crippen molar-refractivity contribution in [3.63, 3.8) is 0 Å². The minimum absolute atomic E-state index is 0.0594. The lowest BCUT2D eigenvalue weighted by Gasteiger charge is -2.18. The number of anilines is 1. The van der Waals surface area contributed by atoms with Crippen molar-refractivity contribution in [2.24, 2.45) is 0 Å². The molecule has 0 bridgehead atoms. The van der Waals surface area contributed by atoms with Crippen molar-refractivity contribution < 1.29 is 9.72 Å². The van der Waals surface area contributed by atoms with Gasteiger partial charge in [-0.3, -0.25) is 25.3 Å². The van der Waals surface area contributed by atoms with E-state index in [4.69, 9.17) is 0 Å². The summed E-state index contributed by atoms with van der Waals surface area (Å²) in [4.78, 5) is 26.6. The molecular weight excluding hydrogens is 346 g/mol. The molecule has 3 rings (SSSR count). The summed E-state index contributed by atoms with van der Waals surface area (Å²) < 4.78 is 0. The number of nitro groups is 1. The van der Waals surface area contributed by atoms with Gasteiger partial charge >= 0.3 is 0 Å². The summed E-state index contributed by atoms with van der Waals surface area (Å²) in [5, 5.41) is 20.0. The molecule has 0 spiro atoms. The van der Waals surface area contributed by atoms with Gasteiger partial charge in [-0.05, 0) is 23.1 Å². The van der Waals surface area contributed by atoms with E-state index in [1.165, 1.54) is 29.8 Å². The molecule has 0 saturated heterocycles. The number of non-ortho nitro benzene ring substituents is 1. The van der Waals surface area contributed by atoms with Crippen LogP contribution in [0.3, 0.4) is 0 Å². The first-order chi connectivity index (χ1) is 12.7. The van der Waals surface area contributed by atoms with Gasteiger partial charge in [0.15, 0.2) is 5.82 Å². The van der Waals surface area contributed by atoms with E-state index in [-0.39, 0.29) is 22.6 Å². The summed E-state index contributed by atoms with van der Waals surface area (Å²) >= 11 is 0. The van der Waals surface area contributed by atoms with Crippen molar-refractivity contribution >= 4 is 17.5 Å². The molecule has 2 N–H and O–H groups in total.